The van der Waals surface area contributed by atoms with Crippen molar-refractivity contribution in [3.8, 4) is 0 Å². The molecule has 0 aliphatic carbocycles. The molecule has 4 nitrogen and oxygen atoms in total. The largest absolute Gasteiger partial charge is 0.475 e. The maximum absolute atomic E-state index is 5.73. The number of rotatable bonds is 2. The van der Waals surface area contributed by atoms with Gasteiger partial charge in [0.05, 0.1) is 16.6 Å². The lowest BCUT2D eigenvalue weighted by Gasteiger charge is -2.08. The van der Waals surface area contributed by atoms with Gasteiger partial charge in [0.2, 0.25) is 11.8 Å². The predicted molar refractivity (Wildman–Crippen MR) is 87.3 cm³/mol. The van der Waals surface area contributed by atoms with Crippen molar-refractivity contribution in [2.75, 3.05) is 13.2 Å². The molecule has 0 saturated carbocycles. The molecule has 0 spiro atoms. The molecule has 0 aromatic heterocycles. The van der Waals surface area contributed by atoms with Gasteiger partial charge in [-0.1, -0.05) is 0 Å². The van der Waals surface area contributed by atoms with Gasteiger partial charge in [0.1, 0.15) is 13.2 Å². The van der Waals surface area contributed by atoms with Crippen LogP contribution < -0.4 is 0 Å². The van der Waals surface area contributed by atoms with Crippen molar-refractivity contribution in [3.05, 3.63) is 33.8 Å². The highest BCUT2D eigenvalue weighted by Gasteiger charge is 2.30. The van der Waals surface area contributed by atoms with Crippen molar-refractivity contribution in [1.82, 2.24) is 0 Å². The summed E-state index contributed by atoms with van der Waals surface area (Å²) in [5.74, 6) is 1.36. The summed E-state index contributed by atoms with van der Waals surface area (Å²) in [6.45, 7) is 9.45. The topological polar surface area (TPSA) is 43.2 Å². The Morgan fingerprint density at radius 1 is 0.952 bits per heavy atom. The van der Waals surface area contributed by atoms with Gasteiger partial charge in [0, 0.05) is 10.0 Å². The van der Waals surface area contributed by atoms with Gasteiger partial charge < -0.3 is 9.47 Å². The second-order valence-corrected chi connectivity index (χ2v) is 7.59. The lowest BCUT2D eigenvalue weighted by molar-refractivity contribution is 0.279. The highest BCUT2D eigenvalue weighted by Crippen LogP contribution is 2.28. The Hall–Kier alpha value is -1.36. The van der Waals surface area contributed by atoms with Crippen LogP contribution in [0, 0.1) is 0 Å². The lowest BCUT2D eigenvalue weighted by atomic mass is 10.1. The Morgan fingerprint density at radius 3 is 2.05 bits per heavy atom. The first-order valence-electron chi connectivity index (χ1n) is 7.01. The van der Waals surface area contributed by atoms with Crippen molar-refractivity contribution in [3.63, 3.8) is 0 Å². The number of halogens is 1. The zero-order chi connectivity index (χ0) is 15.3. The number of nitrogens with zero attached hydrogens (tertiary/aromatic N) is 2. The highest BCUT2D eigenvalue weighted by molar-refractivity contribution is 9.10. The minimum Gasteiger partial charge on any atom is -0.475 e. The molecule has 1 aromatic rings. The van der Waals surface area contributed by atoms with Crippen molar-refractivity contribution in [1.29, 1.82) is 0 Å². The minimum atomic E-state index is -0.172. The molecular weight excluding hydrogens is 332 g/mol. The van der Waals surface area contributed by atoms with E-state index in [1.807, 2.05) is 18.2 Å². The Morgan fingerprint density at radius 2 is 1.52 bits per heavy atom. The lowest BCUT2D eigenvalue weighted by Crippen LogP contribution is -2.17. The fourth-order valence-corrected chi connectivity index (χ4v) is 2.69. The zero-order valence-electron chi connectivity index (χ0n) is 12.7. The molecule has 0 bridgehead atoms. The van der Waals surface area contributed by atoms with Crippen LogP contribution in [0.15, 0.2) is 32.7 Å². The van der Waals surface area contributed by atoms with E-state index in [0.717, 1.165) is 15.6 Å². The molecule has 1 aromatic carbocycles. The fourth-order valence-electron chi connectivity index (χ4n) is 2.28. The smallest absolute Gasteiger partial charge is 0.218 e. The van der Waals surface area contributed by atoms with Crippen LogP contribution in [0.3, 0.4) is 0 Å². The summed E-state index contributed by atoms with van der Waals surface area (Å²) >= 11 is 3.57. The summed E-state index contributed by atoms with van der Waals surface area (Å²) in [4.78, 5) is 9.25. The number of hydrogen-bond acceptors (Lipinski definition) is 4. The van der Waals surface area contributed by atoms with E-state index >= 15 is 0 Å². The molecule has 21 heavy (non-hydrogen) atoms. The van der Waals surface area contributed by atoms with E-state index in [1.165, 1.54) is 0 Å². The molecular formula is C16H19BrN2O2. The van der Waals surface area contributed by atoms with Gasteiger partial charge in [0.25, 0.3) is 0 Å². The van der Waals surface area contributed by atoms with E-state index in [9.17, 15) is 0 Å². The number of benzene rings is 1. The average Bonchev–Trinajstić information content (AvgIpc) is 2.92. The quantitative estimate of drug-likeness (QED) is 0.818. The fraction of sp³-hybridized carbons (Fsp3) is 0.500. The van der Waals surface area contributed by atoms with Gasteiger partial charge in [-0.15, -0.1) is 0 Å². The molecule has 0 fully saturated rings. The standard InChI is InChI=1S/C16H19BrN2O2/c1-15(2)8-20-13(18-15)10-5-6-12(17)11(7-10)14-19-16(3,4)9-21-14/h5-7H,8-9H2,1-4H3. The molecule has 0 saturated heterocycles. The van der Waals surface area contributed by atoms with Crippen LogP contribution in [0.5, 0.6) is 0 Å². The second-order valence-electron chi connectivity index (χ2n) is 6.73. The molecule has 0 radical (unpaired) electrons. The molecule has 5 heteroatoms. The Balaban J connectivity index is 1.99. The van der Waals surface area contributed by atoms with Crippen LogP contribution in [0.2, 0.25) is 0 Å². The van der Waals surface area contributed by atoms with Crippen LogP contribution in [0.25, 0.3) is 0 Å². The third-order valence-corrected chi connectivity index (χ3v) is 4.07. The molecule has 3 rings (SSSR count). The summed E-state index contributed by atoms with van der Waals surface area (Å²) < 4.78 is 12.4. The molecule has 0 N–H and O–H groups in total. The maximum Gasteiger partial charge on any atom is 0.218 e. The van der Waals surface area contributed by atoms with Gasteiger partial charge in [-0.05, 0) is 61.8 Å². The van der Waals surface area contributed by atoms with Crippen LogP contribution >= 0.6 is 15.9 Å². The number of hydrogen-bond donors (Lipinski definition) is 0. The zero-order valence-corrected chi connectivity index (χ0v) is 14.3. The first-order valence-corrected chi connectivity index (χ1v) is 7.81. The summed E-state index contributed by atoms with van der Waals surface area (Å²) in [7, 11) is 0. The van der Waals surface area contributed by atoms with Crippen molar-refractivity contribution >= 4 is 27.7 Å². The molecule has 112 valence electrons. The minimum absolute atomic E-state index is 0.161. The van der Waals surface area contributed by atoms with E-state index in [4.69, 9.17) is 9.47 Å². The maximum atomic E-state index is 5.73. The second kappa shape index (κ2) is 4.83. The Bertz CT molecular complexity index is 648. The Labute approximate surface area is 133 Å². The van der Waals surface area contributed by atoms with Crippen molar-refractivity contribution < 1.29 is 9.47 Å². The van der Waals surface area contributed by atoms with E-state index < -0.39 is 0 Å². The molecule has 0 atom stereocenters. The van der Waals surface area contributed by atoms with Gasteiger partial charge in [-0.3, -0.25) is 0 Å². The molecule has 0 amide bonds. The van der Waals surface area contributed by atoms with E-state index in [-0.39, 0.29) is 11.1 Å². The number of aliphatic imine (C=N–C) groups is 2. The number of ether oxygens (including phenoxy) is 2. The molecule has 2 heterocycles. The van der Waals surface area contributed by atoms with Crippen molar-refractivity contribution in [2.24, 2.45) is 9.98 Å². The molecule has 2 aliphatic rings. The summed E-state index contributed by atoms with van der Waals surface area (Å²) in [6.07, 6.45) is 0. The normalized spacial score (nSPS) is 22.3. The van der Waals surface area contributed by atoms with E-state index in [1.54, 1.807) is 0 Å². The van der Waals surface area contributed by atoms with Gasteiger partial charge in [-0.2, -0.15) is 0 Å². The average molecular weight is 351 g/mol. The highest BCUT2D eigenvalue weighted by atomic mass is 79.9. The van der Waals surface area contributed by atoms with Crippen LogP contribution in [-0.2, 0) is 9.47 Å². The first-order chi connectivity index (χ1) is 9.76. The van der Waals surface area contributed by atoms with E-state index in [2.05, 4.69) is 53.6 Å². The van der Waals surface area contributed by atoms with Gasteiger partial charge in [-0.25, -0.2) is 9.98 Å². The van der Waals surface area contributed by atoms with Crippen molar-refractivity contribution in [2.45, 2.75) is 38.8 Å². The first kappa shape index (κ1) is 14.6. The summed E-state index contributed by atoms with van der Waals surface area (Å²) in [6, 6.07) is 6.00. The van der Waals surface area contributed by atoms with Crippen LogP contribution in [-0.4, -0.2) is 36.1 Å². The molecule has 2 aliphatic heterocycles. The van der Waals surface area contributed by atoms with E-state index in [0.29, 0.717) is 25.0 Å². The monoisotopic (exact) mass is 350 g/mol. The summed E-state index contributed by atoms with van der Waals surface area (Å²) in [5.41, 5.74) is 1.56. The third kappa shape index (κ3) is 2.98. The van der Waals surface area contributed by atoms with Crippen LogP contribution in [0.1, 0.15) is 38.8 Å². The molecule has 0 unspecified atom stereocenters. The third-order valence-electron chi connectivity index (χ3n) is 3.38. The van der Waals surface area contributed by atoms with Gasteiger partial charge in [0.15, 0.2) is 0 Å². The van der Waals surface area contributed by atoms with Gasteiger partial charge >= 0.3 is 0 Å². The summed E-state index contributed by atoms with van der Waals surface area (Å²) in [5, 5.41) is 0. The Kier molecular flexibility index (Phi) is 3.35. The predicted octanol–water partition coefficient (Wildman–Crippen LogP) is 3.56. The SMILES string of the molecule is CC1(C)COC(c2ccc(Br)c(C3=NC(C)(C)CO3)c2)=N1. The van der Waals surface area contributed by atoms with Crippen LogP contribution in [0.4, 0.5) is 0 Å².